The number of nitrogens with two attached hydrogens (primary N) is 1. The van der Waals surface area contributed by atoms with Gasteiger partial charge in [0.2, 0.25) is 0 Å². The Morgan fingerprint density at radius 2 is 1.12 bits per heavy atom. The van der Waals surface area contributed by atoms with E-state index in [1.807, 2.05) is 0 Å². The first-order valence-electron chi connectivity index (χ1n) is 19.5. The van der Waals surface area contributed by atoms with Crippen LogP contribution >= 0.6 is 7.82 Å². The molecule has 0 saturated carbocycles. The summed E-state index contributed by atoms with van der Waals surface area (Å²) in [6.45, 7) is 3.78. The van der Waals surface area contributed by atoms with Gasteiger partial charge in [-0.05, 0) is 64.2 Å². The van der Waals surface area contributed by atoms with Crippen molar-refractivity contribution >= 4 is 19.8 Å². The first-order chi connectivity index (χ1) is 24.2. The van der Waals surface area contributed by atoms with E-state index in [0.717, 1.165) is 64.2 Å². The van der Waals surface area contributed by atoms with E-state index in [4.69, 9.17) is 24.8 Å². The second kappa shape index (κ2) is 35.6. The lowest BCUT2D eigenvalue weighted by Gasteiger charge is -2.20. The van der Waals surface area contributed by atoms with Crippen LogP contribution in [0.3, 0.4) is 0 Å². The van der Waals surface area contributed by atoms with Gasteiger partial charge in [-0.3, -0.25) is 18.6 Å². The van der Waals surface area contributed by atoms with Gasteiger partial charge in [-0.15, -0.1) is 0 Å². The molecule has 0 spiro atoms. The third-order valence-electron chi connectivity index (χ3n) is 8.14. The summed E-state index contributed by atoms with van der Waals surface area (Å²) in [6, 6.07) is -1.47. The molecule has 0 rings (SSSR count). The van der Waals surface area contributed by atoms with Gasteiger partial charge in [-0.1, -0.05) is 127 Å². The van der Waals surface area contributed by atoms with Crippen molar-refractivity contribution in [3.63, 3.8) is 0 Å². The van der Waals surface area contributed by atoms with E-state index < -0.39 is 45.1 Å². The molecule has 50 heavy (non-hydrogen) atoms. The number of esters is 1. The van der Waals surface area contributed by atoms with Gasteiger partial charge < -0.3 is 25.2 Å². The highest BCUT2D eigenvalue weighted by molar-refractivity contribution is 7.47. The van der Waals surface area contributed by atoms with Crippen LogP contribution in [0.5, 0.6) is 0 Å². The van der Waals surface area contributed by atoms with Crippen LogP contribution in [0.15, 0.2) is 36.5 Å². The topological polar surface area (TPSA) is 155 Å². The van der Waals surface area contributed by atoms with Crippen molar-refractivity contribution < 1.29 is 42.7 Å². The standard InChI is InChI=1S/C39H72NO9P/c1-3-5-7-9-11-13-15-17-18-19-20-21-23-25-27-29-31-38(41)49-36(34-47-50(44,45)48-35-37(40)39(42)43)33-46-32-30-28-26-24-22-16-14-12-10-8-6-4-2/h10,12-13,15,18-19,36-37H,3-9,11,14,16-17,20-35,40H2,1-2H3,(H,42,43)(H,44,45)/b12-10-,15-13-,19-18-. The number of carbonyl (C=O) groups excluding carboxylic acids is 1. The van der Waals surface area contributed by atoms with E-state index in [0.29, 0.717) is 13.0 Å². The minimum absolute atomic E-state index is 0.00696. The number of carbonyl (C=O) groups is 2. The summed E-state index contributed by atoms with van der Waals surface area (Å²) >= 11 is 0. The van der Waals surface area contributed by atoms with Crippen LogP contribution in [0.2, 0.25) is 0 Å². The molecule has 10 nitrogen and oxygen atoms in total. The highest BCUT2D eigenvalue weighted by Crippen LogP contribution is 2.43. The average Bonchev–Trinajstić information content (AvgIpc) is 3.09. The number of ether oxygens (including phenoxy) is 2. The van der Waals surface area contributed by atoms with Crippen LogP contribution in [0, 0.1) is 0 Å². The largest absolute Gasteiger partial charge is 0.480 e. The number of allylic oxidation sites excluding steroid dienone is 6. The fourth-order valence-electron chi connectivity index (χ4n) is 5.02. The predicted octanol–water partition coefficient (Wildman–Crippen LogP) is 10.1. The predicted molar refractivity (Wildman–Crippen MR) is 203 cm³/mol. The molecule has 0 aromatic carbocycles. The monoisotopic (exact) mass is 729 g/mol. The lowest BCUT2D eigenvalue weighted by Crippen LogP contribution is -2.34. The molecule has 3 unspecified atom stereocenters. The van der Waals surface area contributed by atoms with Crippen molar-refractivity contribution in [1.82, 2.24) is 0 Å². The molecule has 0 amide bonds. The van der Waals surface area contributed by atoms with Gasteiger partial charge in [0, 0.05) is 13.0 Å². The molecule has 0 aliphatic carbocycles. The highest BCUT2D eigenvalue weighted by atomic mass is 31.2. The maximum atomic E-state index is 12.6. The minimum atomic E-state index is -4.61. The zero-order valence-corrected chi connectivity index (χ0v) is 32.4. The molecule has 0 aliphatic heterocycles. The van der Waals surface area contributed by atoms with Crippen LogP contribution < -0.4 is 5.73 Å². The number of rotatable bonds is 37. The summed E-state index contributed by atoms with van der Waals surface area (Å²) < 4.78 is 33.2. The molecule has 292 valence electrons. The van der Waals surface area contributed by atoms with Crippen LogP contribution in [-0.2, 0) is 32.7 Å². The van der Waals surface area contributed by atoms with E-state index in [2.05, 4.69) is 54.8 Å². The molecule has 3 atom stereocenters. The Morgan fingerprint density at radius 3 is 1.70 bits per heavy atom. The molecule has 0 radical (unpaired) electrons. The maximum Gasteiger partial charge on any atom is 0.472 e. The number of carboxylic acids is 1. The summed E-state index contributed by atoms with van der Waals surface area (Å²) in [5.74, 6) is -1.80. The van der Waals surface area contributed by atoms with Crippen molar-refractivity contribution in [2.75, 3.05) is 26.4 Å². The third kappa shape index (κ3) is 34.6. The fourth-order valence-corrected chi connectivity index (χ4v) is 5.80. The number of unbranched alkanes of at least 4 members (excludes halogenated alkanes) is 17. The number of aliphatic carboxylic acids is 1. The third-order valence-corrected chi connectivity index (χ3v) is 9.09. The Kier molecular flexibility index (Phi) is 34.3. The van der Waals surface area contributed by atoms with Crippen molar-refractivity contribution in [3.05, 3.63) is 36.5 Å². The van der Waals surface area contributed by atoms with Gasteiger partial charge in [-0.25, -0.2) is 4.57 Å². The summed E-state index contributed by atoms with van der Waals surface area (Å²) in [4.78, 5) is 33.4. The SMILES string of the molecule is CCCC/C=C\CCCCCCCCOCC(COP(=O)(O)OCC(N)C(=O)O)OC(=O)CCCCCCC/C=C\C/C=C\CCCCCC. The summed E-state index contributed by atoms with van der Waals surface area (Å²) in [5, 5.41) is 8.86. The van der Waals surface area contributed by atoms with Crippen LogP contribution in [0.1, 0.15) is 162 Å². The lowest BCUT2D eigenvalue weighted by molar-refractivity contribution is -0.154. The number of carboxylic acid groups (broad SMARTS) is 1. The Bertz CT molecular complexity index is 941. The van der Waals surface area contributed by atoms with Crippen LogP contribution in [-0.4, -0.2) is 60.5 Å². The zero-order chi connectivity index (χ0) is 37.0. The number of phosphoric acid groups is 1. The fraction of sp³-hybridized carbons (Fsp3) is 0.795. The Morgan fingerprint density at radius 1 is 0.640 bits per heavy atom. The smallest absolute Gasteiger partial charge is 0.472 e. The second-order valence-corrected chi connectivity index (χ2v) is 14.5. The zero-order valence-electron chi connectivity index (χ0n) is 31.5. The molecule has 0 fully saturated rings. The summed E-state index contributed by atoms with van der Waals surface area (Å²) in [7, 11) is -4.61. The molecule has 0 saturated heterocycles. The van der Waals surface area contributed by atoms with E-state index in [1.165, 1.54) is 70.6 Å². The van der Waals surface area contributed by atoms with Crippen LogP contribution in [0.4, 0.5) is 0 Å². The average molecular weight is 730 g/mol. The summed E-state index contributed by atoms with van der Waals surface area (Å²) in [6.07, 6.45) is 37.6. The second-order valence-electron chi connectivity index (χ2n) is 13.0. The van der Waals surface area contributed by atoms with E-state index in [-0.39, 0.29) is 13.0 Å². The molecule has 0 bridgehead atoms. The Balaban J connectivity index is 4.33. The molecule has 0 heterocycles. The molecular formula is C39H72NO9P. The van der Waals surface area contributed by atoms with Gasteiger partial charge in [0.15, 0.2) is 0 Å². The van der Waals surface area contributed by atoms with Gasteiger partial charge in [-0.2, -0.15) is 0 Å². The molecule has 4 N–H and O–H groups in total. The van der Waals surface area contributed by atoms with Gasteiger partial charge in [0.25, 0.3) is 0 Å². The van der Waals surface area contributed by atoms with Crippen molar-refractivity contribution in [1.29, 1.82) is 0 Å². The van der Waals surface area contributed by atoms with Crippen molar-refractivity contribution in [3.8, 4) is 0 Å². The van der Waals surface area contributed by atoms with Crippen molar-refractivity contribution in [2.24, 2.45) is 5.73 Å². The Labute approximate surface area is 304 Å². The van der Waals surface area contributed by atoms with Crippen LogP contribution in [0.25, 0.3) is 0 Å². The minimum Gasteiger partial charge on any atom is -0.480 e. The van der Waals surface area contributed by atoms with E-state index in [9.17, 15) is 19.0 Å². The van der Waals surface area contributed by atoms with Gasteiger partial charge >= 0.3 is 19.8 Å². The molecule has 0 aromatic rings. The number of hydrogen-bond acceptors (Lipinski definition) is 8. The van der Waals surface area contributed by atoms with Crippen molar-refractivity contribution in [2.45, 2.75) is 174 Å². The number of phosphoric ester groups is 1. The van der Waals surface area contributed by atoms with E-state index in [1.54, 1.807) is 0 Å². The maximum absolute atomic E-state index is 12.6. The quantitative estimate of drug-likeness (QED) is 0.0243. The lowest BCUT2D eigenvalue weighted by atomic mass is 10.1. The summed E-state index contributed by atoms with van der Waals surface area (Å²) in [5.41, 5.74) is 5.34. The van der Waals surface area contributed by atoms with E-state index >= 15 is 0 Å². The first-order valence-corrected chi connectivity index (χ1v) is 21.0. The molecule has 11 heteroatoms. The number of hydrogen-bond donors (Lipinski definition) is 3. The normalized spacial score (nSPS) is 14.5. The van der Waals surface area contributed by atoms with Gasteiger partial charge in [0.05, 0.1) is 19.8 Å². The molecular weight excluding hydrogens is 657 g/mol. The Hall–Kier alpha value is -1.81. The molecule has 0 aromatic heterocycles. The first kappa shape index (κ1) is 48.2. The molecule has 0 aliphatic rings. The van der Waals surface area contributed by atoms with Gasteiger partial charge in [0.1, 0.15) is 12.1 Å². The highest BCUT2D eigenvalue weighted by Gasteiger charge is 2.27.